The molecule has 5 atom stereocenters. The summed E-state index contributed by atoms with van der Waals surface area (Å²) in [5.74, 6) is 0.256. The van der Waals surface area contributed by atoms with Gasteiger partial charge in [0.05, 0.1) is 0 Å². The molecular weight excluding hydrogens is 466 g/mol. The first-order valence-electron chi connectivity index (χ1n) is 13.5. The van der Waals surface area contributed by atoms with Crippen molar-refractivity contribution in [1.29, 1.82) is 0 Å². The highest BCUT2D eigenvalue weighted by Crippen LogP contribution is 2.41. The van der Waals surface area contributed by atoms with Gasteiger partial charge in [0.1, 0.15) is 17.7 Å². The molecular formula is C30H39N3O4. The van der Waals surface area contributed by atoms with Crippen molar-refractivity contribution in [2.75, 3.05) is 0 Å². The van der Waals surface area contributed by atoms with Crippen molar-refractivity contribution in [1.82, 2.24) is 10.6 Å². The average Bonchev–Trinajstić information content (AvgIpc) is 2.89. The third-order valence-electron chi connectivity index (χ3n) is 8.00. The van der Waals surface area contributed by atoms with Crippen LogP contribution in [0.25, 0.3) is 0 Å². The first kappa shape index (κ1) is 26.7. The van der Waals surface area contributed by atoms with Gasteiger partial charge in [-0.2, -0.15) is 0 Å². The number of fused-ring (bicyclic) bond motifs is 1. The van der Waals surface area contributed by atoms with Crippen LogP contribution in [-0.2, 0) is 27.2 Å². The summed E-state index contributed by atoms with van der Waals surface area (Å²) in [5.41, 5.74) is 6.17. The van der Waals surface area contributed by atoms with Crippen LogP contribution in [0.15, 0.2) is 60.7 Å². The Morgan fingerprint density at radius 1 is 0.919 bits per heavy atom. The zero-order chi connectivity index (χ0) is 26.3. The van der Waals surface area contributed by atoms with Crippen LogP contribution in [0.2, 0.25) is 0 Å². The topological polar surface area (TPSA) is 111 Å². The van der Waals surface area contributed by atoms with Crippen molar-refractivity contribution in [3.8, 4) is 0 Å². The van der Waals surface area contributed by atoms with Gasteiger partial charge < -0.3 is 21.1 Å². The monoisotopic (exact) mass is 505 g/mol. The van der Waals surface area contributed by atoms with Crippen LogP contribution < -0.4 is 16.4 Å². The van der Waals surface area contributed by atoms with Gasteiger partial charge in [0.2, 0.25) is 11.8 Å². The molecule has 2 aromatic rings. The van der Waals surface area contributed by atoms with Gasteiger partial charge in [-0.05, 0) is 49.1 Å². The first-order chi connectivity index (χ1) is 17.8. The van der Waals surface area contributed by atoms with E-state index in [1.807, 2.05) is 60.7 Å². The fourth-order valence-electron chi connectivity index (χ4n) is 5.88. The Balaban J connectivity index is 1.43. The summed E-state index contributed by atoms with van der Waals surface area (Å²) < 4.78 is 5.81. The zero-order valence-corrected chi connectivity index (χ0v) is 21.7. The van der Waals surface area contributed by atoms with Crippen LogP contribution in [0.4, 0.5) is 4.79 Å². The third-order valence-corrected chi connectivity index (χ3v) is 8.00. The number of ether oxygens (including phenoxy) is 1. The van der Waals surface area contributed by atoms with E-state index in [-0.39, 0.29) is 18.9 Å². The Kier molecular flexibility index (Phi) is 8.85. The molecule has 7 heteroatoms. The quantitative estimate of drug-likeness (QED) is 0.472. The normalized spacial score (nSPS) is 23.5. The van der Waals surface area contributed by atoms with E-state index in [0.29, 0.717) is 5.92 Å². The van der Waals surface area contributed by atoms with Gasteiger partial charge in [0.15, 0.2) is 0 Å². The summed E-state index contributed by atoms with van der Waals surface area (Å²) in [6.45, 7) is 1.61. The maximum Gasteiger partial charge on any atom is 0.408 e. The number of carbonyl (C=O) groups is 3. The molecule has 0 radical (unpaired) electrons. The molecule has 198 valence electrons. The molecule has 2 aromatic carbocycles. The van der Waals surface area contributed by atoms with E-state index >= 15 is 0 Å². The van der Waals surface area contributed by atoms with Crippen molar-refractivity contribution in [3.63, 3.8) is 0 Å². The summed E-state index contributed by atoms with van der Waals surface area (Å²) in [4.78, 5) is 38.9. The molecule has 7 nitrogen and oxygen atoms in total. The molecule has 0 aliphatic heterocycles. The lowest BCUT2D eigenvalue weighted by atomic mass is 9.70. The number of primary amides is 1. The van der Waals surface area contributed by atoms with Crippen molar-refractivity contribution in [3.05, 3.63) is 71.8 Å². The highest BCUT2D eigenvalue weighted by atomic mass is 16.6. The van der Waals surface area contributed by atoms with Crippen LogP contribution in [0.3, 0.4) is 0 Å². The second kappa shape index (κ2) is 12.3. The number of carbonyl (C=O) groups excluding carboxylic acids is 3. The Hall–Kier alpha value is -3.35. The molecule has 37 heavy (non-hydrogen) atoms. The van der Waals surface area contributed by atoms with Gasteiger partial charge in [-0.1, -0.05) is 86.3 Å². The molecule has 2 fully saturated rings. The standard InChI is InChI=1S/C30H39N3O4/c1-30(28(31)35,20-22-12-6-3-7-13-22)33-27(34)26(18-21-10-4-2-5-11-21)32-29(36)37-25-17-16-23-14-8-9-15-24(23)19-25/h2-7,10-13,23-26H,8-9,14-20H2,1H3,(H2,31,35)(H,32,36)(H,33,34)/t23?,24?,25?,26-,30?/m0/s1. The third kappa shape index (κ3) is 7.34. The number of nitrogens with two attached hydrogens (primary N) is 1. The molecule has 2 aliphatic rings. The van der Waals surface area contributed by atoms with Crippen molar-refractivity contribution in [2.24, 2.45) is 17.6 Å². The molecule has 4 N–H and O–H groups in total. The molecule has 0 aromatic heterocycles. The molecule has 4 rings (SSSR count). The van der Waals surface area contributed by atoms with E-state index in [1.165, 1.54) is 25.7 Å². The number of hydrogen-bond donors (Lipinski definition) is 3. The predicted octanol–water partition coefficient (Wildman–Crippen LogP) is 4.29. The minimum Gasteiger partial charge on any atom is -0.446 e. The van der Waals surface area contributed by atoms with Gasteiger partial charge >= 0.3 is 6.09 Å². The molecule has 0 spiro atoms. The molecule has 0 saturated heterocycles. The van der Waals surface area contributed by atoms with Crippen LogP contribution in [0.1, 0.15) is 63.0 Å². The Bertz CT molecular complexity index is 1060. The lowest BCUT2D eigenvalue weighted by Crippen LogP contribution is -2.61. The molecule has 2 saturated carbocycles. The maximum absolute atomic E-state index is 13.5. The van der Waals surface area contributed by atoms with Crippen molar-refractivity contribution in [2.45, 2.75) is 82.4 Å². The van der Waals surface area contributed by atoms with E-state index in [0.717, 1.165) is 36.3 Å². The van der Waals surface area contributed by atoms with Crippen LogP contribution in [0, 0.1) is 11.8 Å². The first-order valence-corrected chi connectivity index (χ1v) is 13.5. The van der Waals surface area contributed by atoms with Crippen LogP contribution >= 0.6 is 0 Å². The van der Waals surface area contributed by atoms with Gasteiger partial charge in [-0.15, -0.1) is 0 Å². The summed E-state index contributed by atoms with van der Waals surface area (Å²) in [6, 6.07) is 17.9. The van der Waals surface area contributed by atoms with Gasteiger partial charge in [0, 0.05) is 12.8 Å². The van der Waals surface area contributed by atoms with Crippen LogP contribution in [0.5, 0.6) is 0 Å². The highest BCUT2D eigenvalue weighted by molar-refractivity contribution is 5.93. The summed E-state index contributed by atoms with van der Waals surface area (Å²) >= 11 is 0. The minimum atomic E-state index is -1.32. The predicted molar refractivity (Wildman–Crippen MR) is 143 cm³/mol. The number of alkyl carbamates (subject to hydrolysis) is 1. The highest BCUT2D eigenvalue weighted by Gasteiger charge is 2.37. The molecule has 0 bridgehead atoms. The van der Waals surface area contributed by atoms with E-state index < -0.39 is 29.5 Å². The second-order valence-corrected chi connectivity index (χ2v) is 10.9. The molecule has 0 heterocycles. The maximum atomic E-state index is 13.5. The number of rotatable bonds is 9. The fraction of sp³-hybridized carbons (Fsp3) is 0.500. The van der Waals surface area contributed by atoms with Crippen molar-refractivity contribution >= 4 is 17.9 Å². The molecule has 4 unspecified atom stereocenters. The Morgan fingerprint density at radius 3 is 2.19 bits per heavy atom. The fourth-order valence-corrected chi connectivity index (χ4v) is 5.88. The summed E-state index contributed by atoms with van der Waals surface area (Å²) in [7, 11) is 0. The molecule has 2 aliphatic carbocycles. The van der Waals surface area contributed by atoms with E-state index in [2.05, 4.69) is 10.6 Å². The largest absolute Gasteiger partial charge is 0.446 e. The Labute approximate surface area is 219 Å². The number of amides is 3. The number of nitrogens with one attached hydrogen (secondary N) is 2. The van der Waals surface area contributed by atoms with Gasteiger partial charge in [0.25, 0.3) is 0 Å². The minimum absolute atomic E-state index is 0.131. The Morgan fingerprint density at radius 2 is 1.54 bits per heavy atom. The van der Waals surface area contributed by atoms with E-state index in [1.54, 1.807) is 6.92 Å². The molecule has 3 amide bonds. The summed E-state index contributed by atoms with van der Waals surface area (Å²) in [6.07, 6.45) is 7.66. The van der Waals surface area contributed by atoms with Gasteiger partial charge in [-0.25, -0.2) is 4.79 Å². The van der Waals surface area contributed by atoms with Gasteiger partial charge in [-0.3, -0.25) is 9.59 Å². The van der Waals surface area contributed by atoms with Crippen LogP contribution in [-0.4, -0.2) is 35.6 Å². The average molecular weight is 506 g/mol. The SMILES string of the molecule is CC(Cc1ccccc1)(NC(=O)[C@H](Cc1ccccc1)NC(=O)OC1CCC2CCCCC2C1)C(N)=O. The zero-order valence-electron chi connectivity index (χ0n) is 21.7. The number of benzene rings is 2. The van der Waals surface area contributed by atoms with Crippen molar-refractivity contribution < 1.29 is 19.1 Å². The second-order valence-electron chi connectivity index (χ2n) is 10.9. The number of hydrogen-bond acceptors (Lipinski definition) is 4. The lowest BCUT2D eigenvalue weighted by Gasteiger charge is -2.39. The summed E-state index contributed by atoms with van der Waals surface area (Å²) in [5, 5.41) is 5.61. The van der Waals surface area contributed by atoms with E-state index in [4.69, 9.17) is 10.5 Å². The van der Waals surface area contributed by atoms with E-state index in [9.17, 15) is 14.4 Å². The lowest BCUT2D eigenvalue weighted by molar-refractivity contribution is -0.132. The smallest absolute Gasteiger partial charge is 0.408 e.